The third kappa shape index (κ3) is 7.14. The number of rotatable bonds is 8. The maximum atomic E-state index is 13.6. The Morgan fingerprint density at radius 2 is 1.74 bits per heavy atom. The second-order valence-electron chi connectivity index (χ2n) is 8.86. The highest BCUT2D eigenvalue weighted by Gasteiger charge is 2.28. The monoisotopic (exact) mass is 568 g/mol. The number of benzene rings is 3. The van der Waals surface area contributed by atoms with Crippen LogP contribution < -0.4 is 21.3 Å². The van der Waals surface area contributed by atoms with Crippen LogP contribution in [-0.2, 0) is 14.3 Å². The number of anilines is 2. The summed E-state index contributed by atoms with van der Waals surface area (Å²) in [5.74, 6) is -1.72. The van der Waals surface area contributed by atoms with Gasteiger partial charge in [-0.2, -0.15) is 0 Å². The summed E-state index contributed by atoms with van der Waals surface area (Å²) in [4.78, 5) is 50.7. The number of amides is 4. The van der Waals surface area contributed by atoms with E-state index in [1.807, 2.05) is 0 Å². The summed E-state index contributed by atoms with van der Waals surface area (Å²) in [5.41, 5.74) is 7.66. The number of primary amides is 1. The van der Waals surface area contributed by atoms with Crippen molar-refractivity contribution < 1.29 is 23.9 Å². The molecule has 0 saturated carbocycles. The molecule has 3 aromatic carbocycles. The molecule has 11 heteroatoms. The van der Waals surface area contributed by atoms with Crippen LogP contribution in [0.4, 0.5) is 11.4 Å². The highest BCUT2D eigenvalue weighted by atomic mass is 35.5. The van der Waals surface area contributed by atoms with Crippen molar-refractivity contribution in [2.24, 2.45) is 5.73 Å². The average molecular weight is 569 g/mol. The smallest absolute Gasteiger partial charge is 0.258 e. The summed E-state index contributed by atoms with van der Waals surface area (Å²) >= 11 is 12.4. The van der Waals surface area contributed by atoms with Crippen molar-refractivity contribution in [1.29, 1.82) is 0 Å². The number of nitrogens with zero attached hydrogens (tertiary/aromatic N) is 1. The van der Waals surface area contributed by atoms with Gasteiger partial charge in [0.1, 0.15) is 6.61 Å². The lowest BCUT2D eigenvalue weighted by atomic mass is 10.0. The number of hydrogen-bond donors (Lipinski definition) is 3. The maximum Gasteiger partial charge on any atom is 0.258 e. The summed E-state index contributed by atoms with van der Waals surface area (Å²) in [7, 11) is 0. The van der Waals surface area contributed by atoms with Crippen molar-refractivity contribution >= 4 is 58.2 Å². The van der Waals surface area contributed by atoms with E-state index in [0.29, 0.717) is 57.5 Å². The Bertz CT molecular complexity index is 1400. The Labute approximate surface area is 235 Å². The van der Waals surface area contributed by atoms with E-state index in [0.717, 1.165) is 0 Å². The van der Waals surface area contributed by atoms with Crippen LogP contribution in [0.25, 0.3) is 0 Å². The number of nitrogens with two attached hydrogens (primary N) is 1. The van der Waals surface area contributed by atoms with Crippen LogP contribution >= 0.6 is 23.2 Å². The zero-order valence-corrected chi connectivity index (χ0v) is 22.3. The van der Waals surface area contributed by atoms with E-state index in [1.165, 1.54) is 0 Å². The SMILES string of the molecule is NC(=O)CNC(=O)COC1CCCN(C(=O)c2ccc(NC(=O)c3ccccc3Cl)cc2)c2ccc(Cl)cc21. The van der Waals surface area contributed by atoms with E-state index in [2.05, 4.69) is 10.6 Å². The second kappa shape index (κ2) is 12.8. The predicted octanol–water partition coefficient (Wildman–Crippen LogP) is 4.35. The number of hydrogen-bond acceptors (Lipinski definition) is 5. The summed E-state index contributed by atoms with van der Waals surface area (Å²) in [6.07, 6.45) is 0.670. The Hall–Kier alpha value is -3.92. The highest BCUT2D eigenvalue weighted by molar-refractivity contribution is 6.34. The Balaban J connectivity index is 1.49. The van der Waals surface area contributed by atoms with Crippen molar-refractivity contribution in [2.45, 2.75) is 18.9 Å². The second-order valence-corrected chi connectivity index (χ2v) is 9.70. The van der Waals surface area contributed by atoms with Gasteiger partial charge in [0, 0.05) is 34.1 Å². The fourth-order valence-electron chi connectivity index (χ4n) is 4.23. The molecule has 0 radical (unpaired) electrons. The first-order valence-electron chi connectivity index (χ1n) is 12.2. The lowest BCUT2D eigenvalue weighted by Gasteiger charge is -2.24. The predicted molar refractivity (Wildman–Crippen MR) is 149 cm³/mol. The van der Waals surface area contributed by atoms with Gasteiger partial charge in [-0.3, -0.25) is 19.2 Å². The van der Waals surface area contributed by atoms with E-state index in [9.17, 15) is 19.2 Å². The molecular formula is C28H26Cl2N4O5. The summed E-state index contributed by atoms with van der Waals surface area (Å²) in [5, 5.41) is 5.98. The number of nitrogens with one attached hydrogen (secondary N) is 2. The Morgan fingerprint density at radius 1 is 1.00 bits per heavy atom. The van der Waals surface area contributed by atoms with Gasteiger partial charge in [-0.1, -0.05) is 35.3 Å². The summed E-state index contributed by atoms with van der Waals surface area (Å²) in [6, 6.07) is 18.5. The van der Waals surface area contributed by atoms with Crippen LogP contribution in [-0.4, -0.2) is 43.3 Å². The van der Waals surface area contributed by atoms with Crippen LogP contribution in [0.3, 0.4) is 0 Å². The van der Waals surface area contributed by atoms with Gasteiger partial charge in [-0.05, 0) is 67.4 Å². The molecule has 1 heterocycles. The molecule has 9 nitrogen and oxygen atoms in total. The quantitative estimate of drug-likeness (QED) is 0.372. The zero-order chi connectivity index (χ0) is 27.9. The van der Waals surface area contributed by atoms with Crippen LogP contribution in [0, 0.1) is 0 Å². The number of ether oxygens (including phenoxy) is 1. The molecule has 0 fully saturated rings. The van der Waals surface area contributed by atoms with E-state index in [-0.39, 0.29) is 25.0 Å². The lowest BCUT2D eigenvalue weighted by molar-refractivity contribution is -0.130. The lowest BCUT2D eigenvalue weighted by Crippen LogP contribution is -2.35. The molecule has 1 aliphatic heterocycles. The van der Waals surface area contributed by atoms with Crippen LogP contribution in [0.15, 0.2) is 66.7 Å². The van der Waals surface area contributed by atoms with Gasteiger partial charge in [0.25, 0.3) is 11.8 Å². The van der Waals surface area contributed by atoms with Crippen LogP contribution in [0.2, 0.25) is 10.0 Å². The van der Waals surface area contributed by atoms with E-state index in [1.54, 1.807) is 71.6 Å². The minimum absolute atomic E-state index is 0.234. The van der Waals surface area contributed by atoms with Gasteiger partial charge in [0.05, 0.1) is 23.2 Å². The standard InChI is InChI=1S/C28H26Cl2N4O5/c29-18-9-12-23-21(14-18)24(39-16-26(36)32-15-25(31)35)6-3-13-34(23)28(38)17-7-10-19(11-8-17)33-27(37)20-4-1-2-5-22(20)30/h1-2,4-5,7-12,14,24H,3,6,13,15-16H2,(H2,31,35)(H,32,36)(H,33,37). The van der Waals surface area contributed by atoms with Crippen molar-refractivity contribution in [1.82, 2.24) is 5.32 Å². The molecule has 0 aromatic heterocycles. The number of halogens is 2. The third-order valence-electron chi connectivity index (χ3n) is 6.10. The van der Waals surface area contributed by atoms with Crippen molar-refractivity contribution in [3.05, 3.63) is 93.5 Å². The topological polar surface area (TPSA) is 131 Å². The van der Waals surface area contributed by atoms with Crippen molar-refractivity contribution in [2.75, 3.05) is 29.9 Å². The average Bonchev–Trinajstić information content (AvgIpc) is 3.10. The molecule has 4 rings (SSSR count). The van der Waals surface area contributed by atoms with Gasteiger partial charge in [0.2, 0.25) is 11.8 Å². The van der Waals surface area contributed by atoms with Crippen molar-refractivity contribution in [3.63, 3.8) is 0 Å². The molecule has 4 amide bonds. The molecule has 1 aliphatic rings. The summed E-state index contributed by atoms with van der Waals surface area (Å²) < 4.78 is 5.86. The molecule has 0 spiro atoms. The van der Waals surface area contributed by atoms with Crippen LogP contribution in [0.1, 0.15) is 45.2 Å². The molecule has 4 N–H and O–H groups in total. The first-order valence-corrected chi connectivity index (χ1v) is 12.9. The first-order chi connectivity index (χ1) is 18.7. The maximum absolute atomic E-state index is 13.6. The van der Waals surface area contributed by atoms with Gasteiger partial charge in [0.15, 0.2) is 0 Å². The third-order valence-corrected chi connectivity index (χ3v) is 6.67. The molecule has 39 heavy (non-hydrogen) atoms. The fraction of sp³-hybridized carbons (Fsp3) is 0.214. The Morgan fingerprint density at radius 3 is 2.46 bits per heavy atom. The minimum atomic E-state index is -0.653. The zero-order valence-electron chi connectivity index (χ0n) is 20.8. The Kier molecular flexibility index (Phi) is 9.19. The first kappa shape index (κ1) is 28.1. The van der Waals surface area contributed by atoms with Crippen LogP contribution in [0.5, 0.6) is 0 Å². The van der Waals surface area contributed by atoms with E-state index >= 15 is 0 Å². The van der Waals surface area contributed by atoms with Gasteiger partial charge >= 0.3 is 0 Å². The van der Waals surface area contributed by atoms with Gasteiger partial charge in [-0.15, -0.1) is 0 Å². The summed E-state index contributed by atoms with van der Waals surface area (Å²) in [6.45, 7) is -0.133. The number of carbonyl (C=O) groups excluding carboxylic acids is 4. The molecule has 1 atom stereocenters. The molecule has 0 saturated heterocycles. The largest absolute Gasteiger partial charge is 0.368 e. The molecule has 1 unspecified atom stereocenters. The van der Waals surface area contributed by atoms with E-state index < -0.39 is 17.9 Å². The minimum Gasteiger partial charge on any atom is -0.368 e. The number of fused-ring (bicyclic) bond motifs is 1. The van der Waals surface area contributed by atoms with E-state index in [4.69, 9.17) is 33.7 Å². The highest BCUT2D eigenvalue weighted by Crippen LogP contribution is 2.37. The molecule has 202 valence electrons. The molecule has 3 aromatic rings. The number of carbonyl (C=O) groups is 4. The van der Waals surface area contributed by atoms with Gasteiger partial charge < -0.3 is 26.0 Å². The van der Waals surface area contributed by atoms with Crippen molar-refractivity contribution in [3.8, 4) is 0 Å². The van der Waals surface area contributed by atoms with Gasteiger partial charge in [-0.25, -0.2) is 0 Å². The fourth-order valence-corrected chi connectivity index (χ4v) is 4.63. The molecular weight excluding hydrogens is 543 g/mol. The normalized spacial score (nSPS) is 14.6. The molecule has 0 bridgehead atoms. The molecule has 0 aliphatic carbocycles.